The molecule has 0 aromatic carbocycles. The van der Waals surface area contributed by atoms with E-state index in [9.17, 15) is 0 Å². The van der Waals surface area contributed by atoms with Crippen molar-refractivity contribution in [1.29, 1.82) is 0 Å². The standard InChI is InChI=1S/C16H23ClN4/c1-10-14(17)18-15(11-3-4-11)19-16(10)21-8-7-12-5-6-13(9-21)20(12)2/h11-13H,3-9H2,1-2H3. The second-order valence-electron chi connectivity index (χ2n) is 6.88. The first-order chi connectivity index (χ1) is 10.1. The lowest BCUT2D eigenvalue weighted by molar-refractivity contribution is 0.254. The Hall–Kier alpha value is -0.870. The first-order valence-electron chi connectivity index (χ1n) is 8.14. The van der Waals surface area contributed by atoms with E-state index in [1.165, 1.54) is 32.1 Å². The number of hydrogen-bond acceptors (Lipinski definition) is 4. The Labute approximate surface area is 131 Å². The fraction of sp³-hybridized carbons (Fsp3) is 0.750. The second kappa shape index (κ2) is 5.10. The minimum Gasteiger partial charge on any atom is -0.355 e. The molecule has 1 aliphatic carbocycles. The Kier molecular flexibility index (Phi) is 3.34. The van der Waals surface area contributed by atoms with Crippen molar-refractivity contribution in [3.63, 3.8) is 0 Å². The number of rotatable bonds is 2. The molecule has 1 aromatic heterocycles. The Morgan fingerprint density at radius 2 is 1.81 bits per heavy atom. The smallest absolute Gasteiger partial charge is 0.137 e. The first kappa shape index (κ1) is 13.8. The number of halogens is 1. The van der Waals surface area contributed by atoms with Crippen molar-refractivity contribution in [2.75, 3.05) is 25.0 Å². The highest BCUT2D eigenvalue weighted by Gasteiger charge is 2.36. The quantitative estimate of drug-likeness (QED) is 0.786. The summed E-state index contributed by atoms with van der Waals surface area (Å²) in [4.78, 5) is 14.4. The molecule has 2 bridgehead atoms. The van der Waals surface area contributed by atoms with Crippen LogP contribution in [0, 0.1) is 6.92 Å². The van der Waals surface area contributed by atoms with Gasteiger partial charge in [0.1, 0.15) is 16.8 Å². The third kappa shape index (κ3) is 2.42. The monoisotopic (exact) mass is 306 g/mol. The van der Waals surface area contributed by atoms with Crippen molar-refractivity contribution in [1.82, 2.24) is 14.9 Å². The van der Waals surface area contributed by atoms with Crippen LogP contribution < -0.4 is 4.90 Å². The Bertz CT molecular complexity index is 557. The molecule has 21 heavy (non-hydrogen) atoms. The SMILES string of the molecule is Cc1c(Cl)nc(C2CC2)nc1N1CCC2CCC(C1)N2C. The van der Waals surface area contributed by atoms with Crippen LogP contribution in [0.25, 0.3) is 0 Å². The van der Waals surface area contributed by atoms with E-state index >= 15 is 0 Å². The zero-order valence-electron chi connectivity index (χ0n) is 12.8. The summed E-state index contributed by atoms with van der Waals surface area (Å²) in [7, 11) is 2.28. The van der Waals surface area contributed by atoms with Crippen LogP contribution in [-0.2, 0) is 0 Å². The average molecular weight is 307 g/mol. The molecule has 2 atom stereocenters. The summed E-state index contributed by atoms with van der Waals surface area (Å²) in [5.74, 6) is 2.59. The van der Waals surface area contributed by atoms with E-state index in [-0.39, 0.29) is 0 Å². The van der Waals surface area contributed by atoms with Gasteiger partial charge in [-0.15, -0.1) is 0 Å². The highest BCUT2D eigenvalue weighted by atomic mass is 35.5. The van der Waals surface area contributed by atoms with Gasteiger partial charge in [0.15, 0.2) is 0 Å². The topological polar surface area (TPSA) is 32.3 Å². The van der Waals surface area contributed by atoms with Crippen molar-refractivity contribution in [3.05, 3.63) is 16.5 Å². The molecule has 0 N–H and O–H groups in total. The van der Waals surface area contributed by atoms with Gasteiger partial charge in [-0.1, -0.05) is 11.6 Å². The van der Waals surface area contributed by atoms with Gasteiger partial charge >= 0.3 is 0 Å². The van der Waals surface area contributed by atoms with Crippen molar-refractivity contribution < 1.29 is 0 Å². The van der Waals surface area contributed by atoms with Gasteiger partial charge in [-0.05, 0) is 46.1 Å². The van der Waals surface area contributed by atoms with Gasteiger partial charge in [-0.2, -0.15) is 0 Å². The summed E-state index contributed by atoms with van der Waals surface area (Å²) in [5, 5.41) is 0.643. The lowest BCUT2D eigenvalue weighted by Crippen LogP contribution is -2.37. The van der Waals surface area contributed by atoms with Crippen LogP contribution in [0.2, 0.25) is 5.15 Å². The van der Waals surface area contributed by atoms with E-state index in [0.717, 1.165) is 36.3 Å². The minimum absolute atomic E-state index is 0.549. The molecule has 4 nitrogen and oxygen atoms in total. The summed E-state index contributed by atoms with van der Waals surface area (Å²) in [6, 6.07) is 1.41. The lowest BCUT2D eigenvalue weighted by Gasteiger charge is -2.28. The molecule has 2 aliphatic heterocycles. The predicted molar refractivity (Wildman–Crippen MR) is 85.2 cm³/mol. The van der Waals surface area contributed by atoms with Gasteiger partial charge in [0.25, 0.3) is 0 Å². The van der Waals surface area contributed by atoms with Gasteiger partial charge in [0.05, 0.1) is 0 Å². The maximum Gasteiger partial charge on any atom is 0.137 e. The molecule has 0 spiro atoms. The molecule has 4 rings (SSSR count). The van der Waals surface area contributed by atoms with Gasteiger partial charge in [0.2, 0.25) is 0 Å². The molecule has 3 fully saturated rings. The molecule has 3 aliphatic rings. The van der Waals surface area contributed by atoms with E-state index in [1.807, 2.05) is 0 Å². The molecule has 1 saturated carbocycles. The van der Waals surface area contributed by atoms with Crippen LogP contribution in [0.4, 0.5) is 5.82 Å². The van der Waals surface area contributed by atoms with Crippen LogP contribution in [0.15, 0.2) is 0 Å². The molecule has 2 unspecified atom stereocenters. The molecular formula is C16H23ClN4. The highest BCUT2D eigenvalue weighted by molar-refractivity contribution is 6.30. The minimum atomic E-state index is 0.549. The predicted octanol–water partition coefficient (Wildman–Crippen LogP) is 2.99. The molecule has 3 heterocycles. The molecule has 0 amide bonds. The van der Waals surface area contributed by atoms with E-state index < -0.39 is 0 Å². The second-order valence-corrected chi connectivity index (χ2v) is 7.24. The summed E-state index contributed by atoms with van der Waals surface area (Å²) in [5.41, 5.74) is 1.04. The van der Waals surface area contributed by atoms with Crippen LogP contribution in [0.3, 0.4) is 0 Å². The van der Waals surface area contributed by atoms with Crippen molar-refractivity contribution in [3.8, 4) is 0 Å². The molecule has 0 radical (unpaired) electrons. The maximum absolute atomic E-state index is 6.37. The summed E-state index contributed by atoms with van der Waals surface area (Å²) < 4.78 is 0. The van der Waals surface area contributed by atoms with Gasteiger partial charge in [-0.3, -0.25) is 4.90 Å². The third-order valence-corrected chi connectivity index (χ3v) is 5.84. The van der Waals surface area contributed by atoms with E-state index in [2.05, 4.69) is 28.8 Å². The summed E-state index contributed by atoms with van der Waals surface area (Å²) >= 11 is 6.37. The fourth-order valence-corrected chi connectivity index (χ4v) is 4.00. The number of likely N-dealkylation sites (N-methyl/N-ethyl adjacent to an activating group) is 1. The van der Waals surface area contributed by atoms with Gasteiger partial charge in [0, 0.05) is 36.7 Å². The van der Waals surface area contributed by atoms with Crippen LogP contribution in [-0.4, -0.2) is 47.1 Å². The van der Waals surface area contributed by atoms with Crippen LogP contribution in [0.1, 0.15) is 49.4 Å². The largest absolute Gasteiger partial charge is 0.355 e. The zero-order chi connectivity index (χ0) is 14.6. The number of fused-ring (bicyclic) bond motifs is 2. The summed E-state index contributed by atoms with van der Waals surface area (Å²) in [6.07, 6.45) is 6.32. The average Bonchev–Trinajstić information content (AvgIpc) is 3.23. The normalized spacial score (nSPS) is 29.8. The molecule has 2 saturated heterocycles. The molecule has 1 aromatic rings. The number of anilines is 1. The lowest BCUT2D eigenvalue weighted by atomic mass is 10.1. The highest BCUT2D eigenvalue weighted by Crippen LogP contribution is 2.40. The molecule has 5 heteroatoms. The maximum atomic E-state index is 6.37. The summed E-state index contributed by atoms with van der Waals surface area (Å²) in [6.45, 7) is 4.22. The number of hydrogen-bond donors (Lipinski definition) is 0. The van der Waals surface area contributed by atoms with E-state index in [0.29, 0.717) is 17.1 Å². The fourth-order valence-electron chi connectivity index (χ4n) is 3.83. The Morgan fingerprint density at radius 3 is 2.57 bits per heavy atom. The van der Waals surface area contributed by atoms with Gasteiger partial charge in [-0.25, -0.2) is 9.97 Å². The van der Waals surface area contributed by atoms with Crippen LogP contribution >= 0.6 is 11.6 Å². The van der Waals surface area contributed by atoms with Crippen molar-refractivity contribution >= 4 is 17.4 Å². The van der Waals surface area contributed by atoms with E-state index in [1.54, 1.807) is 0 Å². The van der Waals surface area contributed by atoms with Crippen molar-refractivity contribution in [2.45, 2.75) is 57.0 Å². The molecule has 114 valence electrons. The third-order valence-electron chi connectivity index (χ3n) is 5.47. The Balaban J connectivity index is 1.66. The van der Waals surface area contributed by atoms with Crippen molar-refractivity contribution in [2.24, 2.45) is 0 Å². The Morgan fingerprint density at radius 1 is 1.05 bits per heavy atom. The first-order valence-corrected chi connectivity index (χ1v) is 8.52. The van der Waals surface area contributed by atoms with E-state index in [4.69, 9.17) is 16.6 Å². The molecular weight excluding hydrogens is 284 g/mol. The van der Waals surface area contributed by atoms with Gasteiger partial charge < -0.3 is 4.90 Å². The zero-order valence-corrected chi connectivity index (χ0v) is 13.6. The van der Waals surface area contributed by atoms with Crippen LogP contribution in [0.5, 0.6) is 0 Å². The number of nitrogens with zero attached hydrogens (tertiary/aromatic N) is 4. The number of aromatic nitrogens is 2.